The van der Waals surface area contributed by atoms with Crippen LogP contribution in [0.5, 0.6) is 0 Å². The van der Waals surface area contributed by atoms with Gasteiger partial charge in [0.05, 0.1) is 14.7 Å². The number of nitrogens with one attached hydrogen (secondary N) is 1. The van der Waals surface area contributed by atoms with Gasteiger partial charge in [-0.2, -0.15) is 0 Å². The van der Waals surface area contributed by atoms with Gasteiger partial charge < -0.3 is 10.4 Å². The van der Waals surface area contributed by atoms with Crippen LogP contribution in [0.25, 0.3) is 0 Å². The zero-order valence-electron chi connectivity index (χ0n) is 14.4. The van der Waals surface area contributed by atoms with Gasteiger partial charge in [0.1, 0.15) is 12.3 Å². The summed E-state index contributed by atoms with van der Waals surface area (Å²) in [7, 11) is -3.13. The van der Waals surface area contributed by atoms with Crippen LogP contribution in [-0.4, -0.2) is 50.8 Å². The van der Waals surface area contributed by atoms with Gasteiger partial charge >= 0.3 is 0 Å². The first kappa shape index (κ1) is 20.7. The molecule has 5 nitrogen and oxygen atoms in total. The average molecular weight is 433 g/mol. The zero-order valence-corrected chi connectivity index (χ0v) is 15.9. The van der Waals surface area contributed by atoms with E-state index in [1.807, 2.05) is 0 Å². The predicted octanol–water partition coefficient (Wildman–Crippen LogP) is 2.88. The summed E-state index contributed by atoms with van der Waals surface area (Å²) in [6.07, 6.45) is -2.79. The third-order valence-corrected chi connectivity index (χ3v) is 6.71. The number of aliphatic hydroxyl groups is 1. The van der Waals surface area contributed by atoms with Crippen LogP contribution in [-0.2, 0) is 9.71 Å². The molecule has 2 aromatic carbocycles. The Kier molecular flexibility index (Phi) is 5.72. The molecule has 1 heterocycles. The van der Waals surface area contributed by atoms with Crippen molar-refractivity contribution >= 4 is 38.8 Å². The fourth-order valence-corrected chi connectivity index (χ4v) is 4.66. The van der Waals surface area contributed by atoms with Crippen LogP contribution >= 0.6 is 11.6 Å². The van der Waals surface area contributed by atoms with Gasteiger partial charge in [-0.15, -0.1) is 0 Å². The number of nitrogens with zero attached hydrogens (tertiary/aromatic N) is 1. The van der Waals surface area contributed by atoms with E-state index in [2.05, 4.69) is 11.2 Å². The highest BCUT2D eigenvalue weighted by atomic mass is 35.5. The molecule has 0 spiro atoms. The van der Waals surface area contributed by atoms with Gasteiger partial charge in [-0.1, -0.05) is 17.7 Å². The molecule has 2 N–H and O–H groups in total. The number of hydrogen-bond donors (Lipinski definition) is 2. The summed E-state index contributed by atoms with van der Waals surface area (Å²) in [6, 6.07) is 7.50. The molecule has 3 atom stereocenters. The van der Waals surface area contributed by atoms with E-state index in [0.29, 0.717) is 0 Å². The Labute approximate surface area is 164 Å². The number of alkyl halides is 1. The number of halogens is 4. The Hall–Kier alpha value is -2.07. The van der Waals surface area contributed by atoms with E-state index in [4.69, 9.17) is 11.6 Å². The first-order valence-electron chi connectivity index (χ1n) is 8.10. The molecule has 10 heteroatoms. The minimum Gasteiger partial charge on any atom is -0.389 e. The quantitative estimate of drug-likeness (QED) is 0.576. The smallest absolute Gasteiger partial charge is 0.255 e. The first-order valence-corrected chi connectivity index (χ1v) is 10.2. The number of anilines is 1. The molecule has 0 aromatic heterocycles. The Morgan fingerprint density at radius 2 is 2.00 bits per heavy atom. The molecular formula is C18H16ClF3N2O3S. The average Bonchev–Trinajstić information content (AvgIpc) is 2.99. The molecule has 150 valence electrons. The zero-order chi connectivity index (χ0) is 20.6. The Balaban J connectivity index is 1.84. The van der Waals surface area contributed by atoms with Crippen LogP contribution in [0.1, 0.15) is 10.4 Å². The molecule has 2 aromatic rings. The van der Waals surface area contributed by atoms with Crippen LogP contribution in [0.2, 0.25) is 5.02 Å². The van der Waals surface area contributed by atoms with Gasteiger partial charge in [0, 0.05) is 35.3 Å². The van der Waals surface area contributed by atoms with Crippen molar-refractivity contribution in [1.82, 2.24) is 4.31 Å². The van der Waals surface area contributed by atoms with Crippen molar-refractivity contribution in [2.45, 2.75) is 17.2 Å². The molecule has 1 aliphatic rings. The molecule has 0 radical (unpaired) electrons. The van der Waals surface area contributed by atoms with Gasteiger partial charge in [-0.05, 0) is 30.1 Å². The van der Waals surface area contributed by atoms with Crippen molar-refractivity contribution in [2.75, 3.05) is 18.4 Å². The molecule has 0 aliphatic carbocycles. The molecule has 28 heavy (non-hydrogen) atoms. The van der Waals surface area contributed by atoms with E-state index in [1.165, 1.54) is 28.6 Å². The fraction of sp³-hybridized carbons (Fsp3) is 0.222. The van der Waals surface area contributed by atoms with Crippen molar-refractivity contribution in [3.63, 3.8) is 0 Å². The Morgan fingerprint density at radius 1 is 1.29 bits per heavy atom. The highest BCUT2D eigenvalue weighted by Crippen LogP contribution is 2.25. The summed E-state index contributed by atoms with van der Waals surface area (Å²) in [6.45, 7) is -0.388. The summed E-state index contributed by atoms with van der Waals surface area (Å²) < 4.78 is 54.5. The second-order valence-electron chi connectivity index (χ2n) is 6.31. The van der Waals surface area contributed by atoms with Crippen molar-refractivity contribution in [1.29, 1.82) is 0 Å². The summed E-state index contributed by atoms with van der Waals surface area (Å²) in [5, 5.41) is 11.4. The largest absolute Gasteiger partial charge is 0.389 e. The molecular weight excluding hydrogens is 417 g/mol. The van der Waals surface area contributed by atoms with Crippen molar-refractivity contribution in [2.24, 2.45) is 0 Å². The summed E-state index contributed by atoms with van der Waals surface area (Å²) in [5.41, 5.74) is 0.0175. The van der Waals surface area contributed by atoms with Crippen molar-refractivity contribution < 1.29 is 27.3 Å². The maximum atomic E-state index is 13.6. The van der Waals surface area contributed by atoms with Gasteiger partial charge in [0.15, 0.2) is 11.6 Å². The van der Waals surface area contributed by atoms with Gasteiger partial charge in [-0.3, -0.25) is 4.79 Å². The van der Waals surface area contributed by atoms with Gasteiger partial charge in [0.25, 0.3) is 5.91 Å². The summed E-state index contributed by atoms with van der Waals surface area (Å²) >= 11 is 5.56. The van der Waals surface area contributed by atoms with Crippen LogP contribution in [0.4, 0.5) is 18.9 Å². The van der Waals surface area contributed by atoms with Crippen molar-refractivity contribution in [3.05, 3.63) is 58.6 Å². The lowest BCUT2D eigenvalue weighted by molar-refractivity contribution is 0.102. The first-order chi connectivity index (χ1) is 13.1. The number of hydrogen-bond acceptors (Lipinski definition) is 3. The minimum absolute atomic E-state index is 0.0578. The van der Waals surface area contributed by atoms with E-state index in [9.17, 15) is 27.3 Å². The number of rotatable bonds is 4. The number of carbonyl (C=O) groups is 1. The Morgan fingerprint density at radius 3 is 2.61 bits per heavy atom. The monoisotopic (exact) mass is 432 g/mol. The Bertz CT molecular complexity index is 999. The standard InChI is InChI=1S/C18H16ClF3N2O3S/c1-28(27,24-8-15(21)16(25)9-24)12-4-2-3-10(5-12)18(26)23-11-6-13(19)17(22)14(20)7-11/h2-7,15-16,25H,1,8-9H2,(H,23,26). The highest BCUT2D eigenvalue weighted by molar-refractivity contribution is 7.98. The number of aliphatic hydroxyl groups excluding tert-OH is 1. The second-order valence-corrected chi connectivity index (χ2v) is 8.98. The third-order valence-electron chi connectivity index (χ3n) is 4.31. The van der Waals surface area contributed by atoms with E-state index in [-0.39, 0.29) is 29.2 Å². The maximum absolute atomic E-state index is 13.6. The predicted molar refractivity (Wildman–Crippen MR) is 102 cm³/mol. The summed E-state index contributed by atoms with van der Waals surface area (Å²) in [5.74, 6) is 0.526. The number of benzene rings is 2. The molecule has 1 saturated heterocycles. The SMILES string of the molecule is C=S(=O)(c1cccc(C(=O)Nc2cc(F)c(F)c(Cl)c2)c1)N1CC(O)C(F)C1. The normalized spacial score (nSPS) is 22.0. The number of β-amino-alcohol motifs (C(OH)–C–C–N with tert-alkyl or cyclic N) is 1. The molecule has 1 amide bonds. The molecule has 0 bridgehead atoms. The highest BCUT2D eigenvalue weighted by Gasteiger charge is 2.36. The van der Waals surface area contributed by atoms with E-state index >= 15 is 0 Å². The third kappa shape index (κ3) is 4.02. The van der Waals surface area contributed by atoms with Gasteiger partial charge in [0.2, 0.25) is 0 Å². The molecule has 1 aliphatic heterocycles. The minimum atomic E-state index is -3.13. The molecule has 3 rings (SSSR count). The van der Waals surface area contributed by atoms with E-state index < -0.39 is 44.5 Å². The van der Waals surface area contributed by atoms with Crippen LogP contribution in [0.3, 0.4) is 0 Å². The van der Waals surface area contributed by atoms with E-state index in [1.54, 1.807) is 0 Å². The maximum Gasteiger partial charge on any atom is 0.255 e. The molecule has 1 fully saturated rings. The van der Waals surface area contributed by atoms with Crippen LogP contribution in [0.15, 0.2) is 41.3 Å². The van der Waals surface area contributed by atoms with Crippen LogP contribution in [0, 0.1) is 11.6 Å². The lowest BCUT2D eigenvalue weighted by Crippen LogP contribution is -2.30. The van der Waals surface area contributed by atoms with Crippen molar-refractivity contribution in [3.8, 4) is 0 Å². The lowest BCUT2D eigenvalue weighted by atomic mass is 10.2. The summed E-state index contributed by atoms with van der Waals surface area (Å²) in [4.78, 5) is 12.6. The van der Waals surface area contributed by atoms with Gasteiger partial charge in [-0.25, -0.2) is 21.7 Å². The lowest BCUT2D eigenvalue weighted by Gasteiger charge is -2.21. The second kappa shape index (κ2) is 7.75. The van der Waals surface area contributed by atoms with E-state index in [0.717, 1.165) is 12.1 Å². The fourth-order valence-electron chi connectivity index (χ4n) is 2.77. The number of carbonyl (C=O) groups excluding carboxylic acids is 1. The van der Waals surface area contributed by atoms with Crippen LogP contribution < -0.4 is 5.32 Å². The molecule has 0 saturated carbocycles. The number of amides is 1. The molecule has 3 unspecified atom stereocenters. The topological polar surface area (TPSA) is 69.6 Å².